The van der Waals surface area contributed by atoms with Gasteiger partial charge in [-0.05, 0) is 64.4 Å². The molecule has 0 bridgehead atoms. The molecular weight excluding hydrogens is 909 g/mol. The average molecular weight is 981 g/mol. The molecule has 22 heteroatoms. The lowest BCUT2D eigenvalue weighted by atomic mass is 9.94. The van der Waals surface area contributed by atoms with Crippen molar-refractivity contribution in [2.75, 3.05) is 13.7 Å². The summed E-state index contributed by atoms with van der Waals surface area (Å²) in [6.07, 6.45) is 5.07. The van der Waals surface area contributed by atoms with Gasteiger partial charge in [-0.25, -0.2) is 9.59 Å². The number of aliphatic carboxylic acids is 2. The Bertz CT molecular complexity index is 2120. The van der Waals surface area contributed by atoms with Crippen LogP contribution >= 0.6 is 0 Å². The van der Waals surface area contributed by atoms with Crippen molar-refractivity contribution in [2.45, 2.75) is 136 Å². The SMILES string of the molecule is CC=C1NC(=O)CCC(C(=O)O)NC(=O)C(C)C(C=CC(C)=CC(C)C(Cc2ccccc2)OC)NC(=O)C(CCCN=C(N)N)NC(=O)CC(C(=O)O)NC(=O)C(CC(C)C)NC(=O)C(C)NC1=O. The Morgan fingerprint density at radius 2 is 1.46 bits per heavy atom. The second-order valence-electron chi connectivity index (χ2n) is 17.7. The van der Waals surface area contributed by atoms with Gasteiger partial charge in [0.15, 0.2) is 5.96 Å². The molecule has 9 atom stereocenters. The molecule has 0 radical (unpaired) electrons. The number of carboxylic acids is 2. The lowest BCUT2D eigenvalue weighted by Crippen LogP contribution is -2.57. The number of hydrogen-bond donors (Lipinski definition) is 11. The van der Waals surface area contributed by atoms with Gasteiger partial charge < -0.3 is 63.6 Å². The van der Waals surface area contributed by atoms with Crippen LogP contribution in [0, 0.1) is 17.8 Å². The van der Waals surface area contributed by atoms with Gasteiger partial charge >= 0.3 is 11.9 Å². The van der Waals surface area contributed by atoms with E-state index in [9.17, 15) is 53.4 Å². The van der Waals surface area contributed by atoms with Crippen LogP contribution in [0.4, 0.5) is 0 Å². The fourth-order valence-electron chi connectivity index (χ4n) is 7.26. The van der Waals surface area contributed by atoms with E-state index in [4.69, 9.17) is 16.2 Å². The highest BCUT2D eigenvalue weighted by atomic mass is 16.5. The Labute approximate surface area is 408 Å². The molecule has 1 saturated heterocycles. The van der Waals surface area contributed by atoms with Crippen LogP contribution in [0.25, 0.3) is 0 Å². The fraction of sp³-hybridized carbons (Fsp3) is 0.542. The maximum Gasteiger partial charge on any atom is 0.326 e. The van der Waals surface area contributed by atoms with Crippen LogP contribution in [0.1, 0.15) is 92.6 Å². The van der Waals surface area contributed by atoms with Crippen molar-refractivity contribution in [1.82, 2.24) is 37.2 Å². The van der Waals surface area contributed by atoms with E-state index in [1.165, 1.54) is 32.9 Å². The number of nitrogens with two attached hydrogens (primary N) is 2. The summed E-state index contributed by atoms with van der Waals surface area (Å²) in [4.78, 5) is 124. The standard InChI is InChI=1S/C48H72N10O12/c1-9-32-43(63)52-30(7)42(62)57-36(22-26(2)3)45(65)58-37(47(68)69)25-40(60)54-34(16-13-21-51-48(49)50)44(64)55-33(29(6)41(61)56-35(46(66)67)19-20-39(59)53-32)18-17-27(4)23-28(5)38(70-8)24-31-14-11-10-12-15-31/h9-12,14-15,17-18,23,26,28-30,33-38H,13,16,19-22,24-25H2,1-8H3,(H,52,63)(H,53,59)(H,54,60)(H,55,64)(H,56,61)(H,57,62)(H,58,65)(H,66,67)(H,68,69)(H4,49,50,51). The van der Waals surface area contributed by atoms with Crippen LogP contribution in [0.2, 0.25) is 0 Å². The summed E-state index contributed by atoms with van der Waals surface area (Å²) in [6.45, 7) is 11.5. The van der Waals surface area contributed by atoms with Crippen LogP contribution in [-0.4, -0.2) is 125 Å². The number of aliphatic imine (C=N–C) groups is 1. The summed E-state index contributed by atoms with van der Waals surface area (Å²) < 4.78 is 5.81. The third-order valence-corrected chi connectivity index (χ3v) is 11.3. The van der Waals surface area contributed by atoms with Crippen molar-refractivity contribution in [3.05, 3.63) is 71.5 Å². The van der Waals surface area contributed by atoms with Gasteiger partial charge in [-0.2, -0.15) is 0 Å². The van der Waals surface area contributed by atoms with Crippen LogP contribution in [0.5, 0.6) is 0 Å². The van der Waals surface area contributed by atoms with E-state index in [2.05, 4.69) is 42.2 Å². The molecule has 1 aliphatic heterocycles. The van der Waals surface area contributed by atoms with Crippen LogP contribution in [0.3, 0.4) is 0 Å². The van der Waals surface area contributed by atoms with Gasteiger partial charge in [-0.1, -0.05) is 87.9 Å². The van der Waals surface area contributed by atoms with Gasteiger partial charge in [0.2, 0.25) is 35.4 Å². The Morgan fingerprint density at radius 3 is 2.04 bits per heavy atom. The van der Waals surface area contributed by atoms with Gasteiger partial charge in [0, 0.05) is 26.0 Å². The minimum atomic E-state index is -1.85. The van der Waals surface area contributed by atoms with E-state index in [0.29, 0.717) is 12.0 Å². The first-order valence-corrected chi connectivity index (χ1v) is 23.2. The van der Waals surface area contributed by atoms with Crippen molar-refractivity contribution in [3.63, 3.8) is 0 Å². The third-order valence-electron chi connectivity index (χ3n) is 11.3. The molecule has 22 nitrogen and oxygen atoms in total. The Balaban J connectivity index is 2.68. The van der Waals surface area contributed by atoms with Crippen LogP contribution in [-0.2, 0) is 54.3 Å². The number of guanidine groups is 1. The molecule has 1 aromatic rings. The van der Waals surface area contributed by atoms with Crippen molar-refractivity contribution >= 4 is 59.2 Å². The van der Waals surface area contributed by atoms with Gasteiger partial charge in [0.05, 0.1) is 24.5 Å². The largest absolute Gasteiger partial charge is 0.480 e. The van der Waals surface area contributed by atoms with Gasteiger partial charge in [0.1, 0.15) is 35.9 Å². The minimum Gasteiger partial charge on any atom is -0.480 e. The number of allylic oxidation sites excluding steroid dienone is 3. The predicted molar refractivity (Wildman–Crippen MR) is 260 cm³/mol. The number of amides is 7. The molecular formula is C48H72N10O12. The molecule has 13 N–H and O–H groups in total. The number of ether oxygens (including phenoxy) is 1. The van der Waals surface area contributed by atoms with Gasteiger partial charge in [-0.3, -0.25) is 38.6 Å². The van der Waals surface area contributed by atoms with E-state index in [0.717, 1.165) is 5.56 Å². The third kappa shape index (κ3) is 21.0. The molecule has 0 spiro atoms. The average Bonchev–Trinajstić information content (AvgIpc) is 3.29. The van der Waals surface area contributed by atoms with E-state index in [1.807, 2.05) is 43.3 Å². The summed E-state index contributed by atoms with van der Waals surface area (Å²) in [5.74, 6) is -11.0. The number of rotatable bonds is 15. The highest BCUT2D eigenvalue weighted by Crippen LogP contribution is 2.18. The summed E-state index contributed by atoms with van der Waals surface area (Å²) >= 11 is 0. The monoisotopic (exact) mass is 981 g/mol. The smallest absolute Gasteiger partial charge is 0.326 e. The maximum atomic E-state index is 14.3. The highest BCUT2D eigenvalue weighted by molar-refractivity contribution is 6.00. The molecule has 1 aliphatic rings. The number of nitrogens with zero attached hydrogens (tertiary/aromatic N) is 1. The van der Waals surface area contributed by atoms with Crippen molar-refractivity contribution in [1.29, 1.82) is 0 Å². The zero-order chi connectivity index (χ0) is 52.7. The molecule has 1 fully saturated rings. The lowest BCUT2D eigenvalue weighted by molar-refractivity contribution is -0.144. The Hall–Kier alpha value is -7.10. The number of hydrogen-bond acceptors (Lipinski definition) is 11. The molecule has 386 valence electrons. The van der Waals surface area contributed by atoms with Gasteiger partial charge in [-0.15, -0.1) is 0 Å². The molecule has 2 rings (SSSR count). The number of nitrogens with one attached hydrogen (secondary N) is 7. The molecule has 1 heterocycles. The molecule has 9 unspecified atom stereocenters. The maximum absolute atomic E-state index is 14.3. The fourth-order valence-corrected chi connectivity index (χ4v) is 7.26. The number of methoxy groups -OCH3 is 1. The summed E-state index contributed by atoms with van der Waals surface area (Å²) in [5.41, 5.74) is 12.5. The van der Waals surface area contributed by atoms with Crippen molar-refractivity contribution in [2.24, 2.45) is 34.2 Å². The normalized spacial score (nSPS) is 24.9. The molecule has 7 amide bonds. The first-order chi connectivity index (χ1) is 32.9. The summed E-state index contributed by atoms with van der Waals surface area (Å²) in [5, 5.41) is 37.6. The molecule has 0 aliphatic carbocycles. The van der Waals surface area contributed by atoms with E-state index in [-0.39, 0.29) is 55.4 Å². The number of benzene rings is 1. The molecule has 0 saturated carbocycles. The number of carboxylic acid groups (broad SMARTS) is 2. The number of carbonyl (C=O) groups is 9. The zero-order valence-electron chi connectivity index (χ0n) is 41.2. The summed E-state index contributed by atoms with van der Waals surface area (Å²) in [6, 6.07) is 1.12. The van der Waals surface area contributed by atoms with E-state index < -0.39 is 115 Å². The van der Waals surface area contributed by atoms with Crippen LogP contribution < -0.4 is 48.7 Å². The first kappa shape index (κ1) is 59.0. The second kappa shape index (κ2) is 29.7. The number of carbonyl (C=O) groups excluding carboxylic acids is 7. The Kier molecular flexibility index (Phi) is 25.1. The van der Waals surface area contributed by atoms with Crippen LogP contribution in [0.15, 0.2) is 70.9 Å². The molecule has 0 aromatic heterocycles. The predicted octanol–water partition coefficient (Wildman–Crippen LogP) is 0.420. The van der Waals surface area contributed by atoms with Crippen molar-refractivity contribution < 1.29 is 58.1 Å². The van der Waals surface area contributed by atoms with Crippen molar-refractivity contribution in [3.8, 4) is 0 Å². The molecule has 1 aromatic carbocycles. The summed E-state index contributed by atoms with van der Waals surface area (Å²) in [7, 11) is 1.61. The lowest BCUT2D eigenvalue weighted by Gasteiger charge is -2.27. The first-order valence-electron chi connectivity index (χ1n) is 23.2. The highest BCUT2D eigenvalue weighted by Gasteiger charge is 2.34. The van der Waals surface area contributed by atoms with Gasteiger partial charge in [0.25, 0.3) is 5.91 Å². The van der Waals surface area contributed by atoms with E-state index >= 15 is 0 Å². The quantitative estimate of drug-likeness (QED) is 0.0373. The second-order valence-corrected chi connectivity index (χ2v) is 17.7. The topological polar surface area (TPSA) is 352 Å². The Morgan fingerprint density at radius 1 is 0.829 bits per heavy atom. The zero-order valence-corrected chi connectivity index (χ0v) is 41.2. The van der Waals surface area contributed by atoms with E-state index in [1.54, 1.807) is 34.0 Å². The minimum absolute atomic E-state index is 0.0179. The molecule has 70 heavy (non-hydrogen) atoms.